The van der Waals surface area contributed by atoms with Crippen LogP contribution in [-0.2, 0) is 16.1 Å². The maximum atomic E-state index is 14.1. The largest absolute Gasteiger partial charge is 0.489 e. The third-order valence-electron chi connectivity index (χ3n) is 5.47. The summed E-state index contributed by atoms with van der Waals surface area (Å²) in [5, 5.41) is 8.84. The zero-order valence-corrected chi connectivity index (χ0v) is 22.1. The SMILES string of the molecule is CCCSc1nc2n(n1)C(c1ccc(OCc3c(F)cccc3Cl)cc1)C(C(=O)OC(C)C)=C(C)N2. The summed E-state index contributed by atoms with van der Waals surface area (Å²) in [4.78, 5) is 17.7. The van der Waals surface area contributed by atoms with Crippen LogP contribution in [-0.4, -0.2) is 32.6 Å². The first-order valence-electron chi connectivity index (χ1n) is 11.7. The van der Waals surface area contributed by atoms with Gasteiger partial charge in [0.05, 0.1) is 16.7 Å². The highest BCUT2D eigenvalue weighted by atomic mass is 35.5. The molecule has 1 aliphatic rings. The highest BCUT2D eigenvalue weighted by Crippen LogP contribution is 2.37. The minimum Gasteiger partial charge on any atom is -0.489 e. The Balaban J connectivity index is 1.64. The van der Waals surface area contributed by atoms with Gasteiger partial charge in [0, 0.05) is 17.0 Å². The van der Waals surface area contributed by atoms with E-state index in [1.807, 2.05) is 32.9 Å². The van der Waals surface area contributed by atoms with E-state index in [9.17, 15) is 9.18 Å². The summed E-state index contributed by atoms with van der Waals surface area (Å²) in [5.74, 6) is 1.15. The molecule has 7 nitrogen and oxygen atoms in total. The van der Waals surface area contributed by atoms with Gasteiger partial charge in [0.1, 0.15) is 24.2 Å². The van der Waals surface area contributed by atoms with E-state index in [0.29, 0.717) is 38.7 Å². The third-order valence-corrected chi connectivity index (χ3v) is 6.87. The molecule has 0 bridgehead atoms. The molecule has 1 N–H and O–H groups in total. The topological polar surface area (TPSA) is 78.3 Å². The zero-order valence-electron chi connectivity index (χ0n) is 20.5. The van der Waals surface area contributed by atoms with Crippen LogP contribution in [0.2, 0.25) is 5.02 Å². The molecule has 0 spiro atoms. The van der Waals surface area contributed by atoms with Crippen LogP contribution in [0.4, 0.5) is 10.3 Å². The van der Waals surface area contributed by atoms with Gasteiger partial charge < -0.3 is 14.8 Å². The van der Waals surface area contributed by atoms with E-state index >= 15 is 0 Å². The smallest absolute Gasteiger partial charge is 0.338 e. The number of nitrogens with one attached hydrogen (secondary N) is 1. The highest BCUT2D eigenvalue weighted by Gasteiger charge is 2.35. The summed E-state index contributed by atoms with van der Waals surface area (Å²) >= 11 is 7.67. The second kappa shape index (κ2) is 11.3. The number of ether oxygens (including phenoxy) is 2. The van der Waals surface area contributed by atoms with Gasteiger partial charge in [0.2, 0.25) is 11.1 Å². The lowest BCUT2D eigenvalue weighted by molar-refractivity contribution is -0.143. The highest BCUT2D eigenvalue weighted by molar-refractivity contribution is 7.99. The molecule has 190 valence electrons. The number of hydrogen-bond acceptors (Lipinski definition) is 7. The fraction of sp³-hybridized carbons (Fsp3) is 0.346. The number of anilines is 1. The molecular weight excluding hydrogens is 503 g/mol. The summed E-state index contributed by atoms with van der Waals surface area (Å²) in [5.41, 5.74) is 2.22. The van der Waals surface area contributed by atoms with Gasteiger partial charge >= 0.3 is 5.97 Å². The van der Waals surface area contributed by atoms with Crippen LogP contribution in [0.3, 0.4) is 0 Å². The average Bonchev–Trinajstić information content (AvgIpc) is 3.23. The van der Waals surface area contributed by atoms with Gasteiger partial charge in [-0.25, -0.2) is 13.9 Å². The zero-order chi connectivity index (χ0) is 25.8. The lowest BCUT2D eigenvalue weighted by Gasteiger charge is -2.28. The van der Waals surface area contributed by atoms with Gasteiger partial charge in [-0.15, -0.1) is 5.10 Å². The molecule has 2 heterocycles. The second-order valence-corrected chi connectivity index (χ2v) is 10.1. The van der Waals surface area contributed by atoms with Crippen LogP contribution in [0, 0.1) is 5.82 Å². The average molecular weight is 531 g/mol. The molecule has 3 aromatic rings. The van der Waals surface area contributed by atoms with Crippen molar-refractivity contribution in [3.63, 3.8) is 0 Å². The number of rotatable bonds is 9. The number of nitrogens with zero attached hydrogens (tertiary/aromatic N) is 3. The van der Waals surface area contributed by atoms with Crippen LogP contribution in [0.25, 0.3) is 0 Å². The predicted octanol–water partition coefficient (Wildman–Crippen LogP) is 6.39. The van der Waals surface area contributed by atoms with E-state index in [2.05, 4.69) is 22.3 Å². The number of carbonyl (C=O) groups is 1. The van der Waals surface area contributed by atoms with E-state index < -0.39 is 17.8 Å². The maximum Gasteiger partial charge on any atom is 0.338 e. The van der Waals surface area contributed by atoms with Gasteiger partial charge in [-0.2, -0.15) is 4.98 Å². The number of halogens is 2. The van der Waals surface area contributed by atoms with Gasteiger partial charge in [-0.3, -0.25) is 0 Å². The Labute approximate surface area is 219 Å². The Kier molecular flexibility index (Phi) is 8.21. The van der Waals surface area contributed by atoms with Gasteiger partial charge in [-0.1, -0.05) is 48.5 Å². The van der Waals surface area contributed by atoms with Crippen molar-refractivity contribution >= 4 is 35.3 Å². The number of allylic oxidation sites excluding steroid dienone is 1. The lowest BCUT2D eigenvalue weighted by atomic mass is 9.95. The van der Waals surface area contributed by atoms with Crippen molar-refractivity contribution in [1.29, 1.82) is 0 Å². The summed E-state index contributed by atoms with van der Waals surface area (Å²) in [6, 6.07) is 11.2. The van der Waals surface area contributed by atoms with E-state index in [1.165, 1.54) is 6.07 Å². The molecule has 10 heteroatoms. The molecule has 1 unspecified atom stereocenters. The molecule has 0 radical (unpaired) electrons. The molecule has 1 aromatic heterocycles. The van der Waals surface area contributed by atoms with Crippen LogP contribution in [0.1, 0.15) is 51.3 Å². The van der Waals surface area contributed by atoms with Crippen LogP contribution >= 0.6 is 23.4 Å². The number of carbonyl (C=O) groups excluding carboxylic acids is 1. The fourth-order valence-corrected chi connectivity index (χ4v) is 4.71. The van der Waals surface area contributed by atoms with Gasteiger partial charge in [0.15, 0.2) is 0 Å². The first-order chi connectivity index (χ1) is 17.3. The summed E-state index contributed by atoms with van der Waals surface area (Å²) in [6.45, 7) is 7.55. The van der Waals surface area contributed by atoms with Gasteiger partial charge in [-0.05, 0) is 57.0 Å². The van der Waals surface area contributed by atoms with Crippen molar-refractivity contribution in [2.24, 2.45) is 0 Å². The number of fused-ring (bicyclic) bond motifs is 1. The second-order valence-electron chi connectivity index (χ2n) is 8.59. The molecule has 0 fully saturated rings. The quantitative estimate of drug-likeness (QED) is 0.253. The van der Waals surface area contributed by atoms with Crippen molar-refractivity contribution in [2.45, 2.75) is 58.0 Å². The molecule has 0 saturated carbocycles. The summed E-state index contributed by atoms with van der Waals surface area (Å²) < 4.78 is 27.1. The first kappa shape index (κ1) is 26.0. The van der Waals surface area contributed by atoms with Gasteiger partial charge in [0.25, 0.3) is 0 Å². The number of thioether (sulfide) groups is 1. The number of benzene rings is 2. The lowest BCUT2D eigenvalue weighted by Crippen LogP contribution is -2.30. The first-order valence-corrected chi connectivity index (χ1v) is 13.1. The Hall–Kier alpha value is -3.04. The minimum atomic E-state index is -0.536. The van der Waals surface area contributed by atoms with Crippen LogP contribution in [0.15, 0.2) is 58.9 Å². The number of hydrogen-bond donors (Lipinski definition) is 1. The minimum absolute atomic E-state index is 0.00554. The van der Waals surface area contributed by atoms with E-state index in [4.69, 9.17) is 21.1 Å². The molecule has 0 amide bonds. The molecule has 1 aliphatic heterocycles. The van der Waals surface area contributed by atoms with Crippen molar-refractivity contribution in [1.82, 2.24) is 14.8 Å². The molecule has 0 aliphatic carbocycles. The van der Waals surface area contributed by atoms with Crippen LogP contribution < -0.4 is 10.1 Å². The summed E-state index contributed by atoms with van der Waals surface area (Å²) in [7, 11) is 0. The molecule has 36 heavy (non-hydrogen) atoms. The third kappa shape index (κ3) is 5.68. The summed E-state index contributed by atoms with van der Waals surface area (Å²) in [6.07, 6.45) is 0.723. The standard InChI is InChI=1S/C26H28ClFN4O3S/c1-5-13-36-26-30-25-29-16(4)22(24(33)35-15(2)3)23(32(25)31-26)17-9-11-18(12-10-17)34-14-19-20(27)7-6-8-21(19)28/h6-12,15,23H,5,13-14H2,1-4H3,(H,29,30,31). The number of aromatic nitrogens is 3. The Bertz CT molecular complexity index is 1260. The normalized spacial score (nSPS) is 15.0. The number of esters is 1. The van der Waals surface area contributed by atoms with Crippen molar-refractivity contribution in [3.8, 4) is 5.75 Å². The fourth-order valence-electron chi connectivity index (χ4n) is 3.81. The Morgan fingerprint density at radius 2 is 2.00 bits per heavy atom. The van der Waals surface area contributed by atoms with E-state index in [0.717, 1.165) is 17.7 Å². The van der Waals surface area contributed by atoms with Crippen molar-refractivity contribution in [2.75, 3.05) is 11.1 Å². The molecular formula is C26H28ClFN4O3S. The molecule has 0 saturated heterocycles. The van der Waals surface area contributed by atoms with Crippen molar-refractivity contribution in [3.05, 3.63) is 75.7 Å². The Morgan fingerprint density at radius 1 is 1.25 bits per heavy atom. The Morgan fingerprint density at radius 3 is 2.67 bits per heavy atom. The van der Waals surface area contributed by atoms with E-state index in [1.54, 1.807) is 40.7 Å². The van der Waals surface area contributed by atoms with Crippen LogP contribution in [0.5, 0.6) is 5.75 Å². The molecule has 2 aromatic carbocycles. The van der Waals surface area contributed by atoms with Crippen molar-refractivity contribution < 1.29 is 18.7 Å². The molecule has 1 atom stereocenters. The molecule has 4 rings (SSSR count). The van der Waals surface area contributed by atoms with E-state index in [-0.39, 0.29) is 12.7 Å². The maximum absolute atomic E-state index is 14.1. The monoisotopic (exact) mass is 530 g/mol. The predicted molar refractivity (Wildman–Crippen MR) is 139 cm³/mol.